The van der Waals surface area contributed by atoms with Gasteiger partial charge in [-0.15, -0.1) is 0 Å². The third-order valence-electron chi connectivity index (χ3n) is 0.873. The first-order chi connectivity index (χ1) is 5.12. The molecule has 11 heavy (non-hydrogen) atoms. The minimum Gasteiger partial charge on any atom is -0.315 e. The van der Waals surface area contributed by atoms with E-state index in [2.05, 4.69) is 0 Å². The van der Waals surface area contributed by atoms with E-state index < -0.39 is 6.72 Å². The highest BCUT2D eigenvalue weighted by molar-refractivity contribution is 7.87. The number of allylic oxidation sites excluding steroid dienone is 3. The molecule has 0 aromatic rings. The van der Waals surface area contributed by atoms with Gasteiger partial charge in [0.05, 0.1) is 6.61 Å². The van der Waals surface area contributed by atoms with Crippen molar-refractivity contribution in [2.45, 2.75) is 13.8 Å². The van der Waals surface area contributed by atoms with Gasteiger partial charge in [-0.3, -0.25) is 4.57 Å². The van der Waals surface area contributed by atoms with E-state index in [1.165, 1.54) is 5.82 Å². The summed E-state index contributed by atoms with van der Waals surface area (Å²) < 4.78 is 15.9. The predicted octanol–water partition coefficient (Wildman–Crippen LogP) is 3.54. The van der Waals surface area contributed by atoms with Gasteiger partial charge in [0.2, 0.25) is 0 Å². The van der Waals surface area contributed by atoms with Gasteiger partial charge < -0.3 is 4.52 Å². The van der Waals surface area contributed by atoms with Crippen LogP contribution in [0.25, 0.3) is 0 Å². The summed E-state index contributed by atoms with van der Waals surface area (Å²) in [6.45, 7) is 0.994. The van der Waals surface area contributed by atoms with Crippen LogP contribution in [0.3, 0.4) is 0 Å². The highest BCUT2D eigenvalue weighted by Gasteiger charge is 2.11. The molecule has 0 aliphatic heterocycles. The Balaban J connectivity index is 4.00. The molecule has 0 aromatic carbocycles. The smallest absolute Gasteiger partial charge is 0.312 e. The van der Waals surface area contributed by atoms with E-state index in [0.717, 1.165) is 0 Å². The van der Waals surface area contributed by atoms with Crippen molar-refractivity contribution in [1.82, 2.24) is 0 Å². The van der Waals surface area contributed by atoms with Crippen molar-refractivity contribution in [2.24, 2.45) is 0 Å². The standard InChI is InChI=1S/C7H12ClO2P/c1-3-5-6-7-11(8,9)10-4-2/h3,5-7H,4H2,1-2H3. The molecule has 0 amide bonds. The van der Waals surface area contributed by atoms with Crippen molar-refractivity contribution in [2.75, 3.05) is 6.61 Å². The molecule has 4 heteroatoms. The van der Waals surface area contributed by atoms with Crippen LogP contribution in [-0.2, 0) is 9.09 Å². The maximum atomic E-state index is 11.1. The molecule has 2 nitrogen and oxygen atoms in total. The zero-order valence-electron chi connectivity index (χ0n) is 6.66. The molecule has 0 saturated carbocycles. The van der Waals surface area contributed by atoms with Crippen LogP contribution in [0, 0.1) is 0 Å². The van der Waals surface area contributed by atoms with Crippen LogP contribution in [0.2, 0.25) is 0 Å². The summed E-state index contributed by atoms with van der Waals surface area (Å²) in [6.07, 6.45) is 5.18. The van der Waals surface area contributed by atoms with Gasteiger partial charge >= 0.3 is 6.72 Å². The lowest BCUT2D eigenvalue weighted by atomic mass is 10.5. The van der Waals surface area contributed by atoms with Crippen LogP contribution in [0.5, 0.6) is 0 Å². The molecule has 0 spiro atoms. The average molecular weight is 195 g/mol. The molecular weight excluding hydrogens is 183 g/mol. The number of hydrogen-bond acceptors (Lipinski definition) is 2. The minimum atomic E-state index is -2.98. The molecule has 0 radical (unpaired) electrons. The van der Waals surface area contributed by atoms with Gasteiger partial charge in [-0.2, -0.15) is 0 Å². The van der Waals surface area contributed by atoms with Gasteiger partial charge in [0.25, 0.3) is 0 Å². The van der Waals surface area contributed by atoms with Crippen molar-refractivity contribution in [3.8, 4) is 0 Å². The third kappa shape index (κ3) is 6.36. The molecule has 0 fully saturated rings. The van der Waals surface area contributed by atoms with E-state index >= 15 is 0 Å². The van der Waals surface area contributed by atoms with Gasteiger partial charge in [0, 0.05) is 5.82 Å². The minimum absolute atomic E-state index is 0.362. The molecule has 0 aromatic heterocycles. The second-order valence-electron chi connectivity index (χ2n) is 1.81. The SMILES string of the molecule is CC=CC=CP(=O)(Cl)OCC. The lowest BCUT2D eigenvalue weighted by Gasteiger charge is -2.02. The van der Waals surface area contributed by atoms with Crippen molar-refractivity contribution in [3.63, 3.8) is 0 Å². The van der Waals surface area contributed by atoms with E-state index in [0.29, 0.717) is 6.61 Å². The summed E-state index contributed by atoms with van der Waals surface area (Å²) in [6, 6.07) is 0. The molecule has 1 unspecified atom stereocenters. The second-order valence-corrected chi connectivity index (χ2v) is 4.82. The average Bonchev–Trinajstić information content (AvgIpc) is 1.87. The zero-order chi connectivity index (χ0) is 8.74. The Morgan fingerprint density at radius 2 is 2.18 bits per heavy atom. The summed E-state index contributed by atoms with van der Waals surface area (Å²) in [5.41, 5.74) is 0. The Kier molecular flexibility index (Phi) is 5.57. The fraction of sp³-hybridized carbons (Fsp3) is 0.429. The van der Waals surface area contributed by atoms with Gasteiger partial charge in [0.1, 0.15) is 0 Å². The summed E-state index contributed by atoms with van der Waals surface area (Å²) in [4.78, 5) is 0. The molecule has 0 bridgehead atoms. The lowest BCUT2D eigenvalue weighted by molar-refractivity contribution is 0.351. The van der Waals surface area contributed by atoms with E-state index in [9.17, 15) is 4.57 Å². The first-order valence-corrected chi connectivity index (χ1v) is 5.96. The molecule has 0 heterocycles. The third-order valence-corrected chi connectivity index (χ3v) is 2.64. The van der Waals surface area contributed by atoms with Gasteiger partial charge in [-0.25, -0.2) is 0 Å². The van der Waals surface area contributed by atoms with Crippen LogP contribution < -0.4 is 0 Å². The summed E-state index contributed by atoms with van der Waals surface area (Å²) in [5, 5.41) is 0. The Bertz CT molecular complexity index is 199. The van der Waals surface area contributed by atoms with Crippen LogP contribution in [0.1, 0.15) is 13.8 Å². The summed E-state index contributed by atoms with van der Waals surface area (Å²) in [7, 11) is 0. The second kappa shape index (κ2) is 5.59. The first-order valence-electron chi connectivity index (χ1n) is 3.37. The molecule has 0 aliphatic rings. The molecule has 0 saturated heterocycles. The Hall–Kier alpha value is -0.0400. The monoisotopic (exact) mass is 194 g/mol. The topological polar surface area (TPSA) is 26.3 Å². The lowest BCUT2D eigenvalue weighted by Crippen LogP contribution is -1.78. The van der Waals surface area contributed by atoms with Crippen LogP contribution >= 0.6 is 18.0 Å². The summed E-state index contributed by atoms with van der Waals surface area (Å²) >= 11 is 5.48. The number of halogens is 1. The molecule has 0 aliphatic carbocycles. The van der Waals surface area contributed by atoms with Crippen molar-refractivity contribution >= 4 is 18.0 Å². The largest absolute Gasteiger partial charge is 0.315 e. The van der Waals surface area contributed by atoms with Gasteiger partial charge in [-0.1, -0.05) is 18.2 Å². The van der Waals surface area contributed by atoms with E-state index in [-0.39, 0.29) is 0 Å². The maximum Gasteiger partial charge on any atom is 0.312 e. The van der Waals surface area contributed by atoms with Crippen LogP contribution in [-0.4, -0.2) is 6.61 Å². The molecule has 0 N–H and O–H groups in total. The van der Waals surface area contributed by atoms with Crippen molar-refractivity contribution in [1.29, 1.82) is 0 Å². The van der Waals surface area contributed by atoms with Crippen molar-refractivity contribution in [3.05, 3.63) is 24.0 Å². The Morgan fingerprint density at radius 3 is 2.64 bits per heavy atom. The molecule has 64 valence electrons. The maximum absolute atomic E-state index is 11.1. The highest BCUT2D eigenvalue weighted by Crippen LogP contribution is 2.53. The number of rotatable bonds is 4. The van der Waals surface area contributed by atoms with Crippen LogP contribution in [0.15, 0.2) is 24.0 Å². The molecule has 0 rings (SSSR count). The first kappa shape index (κ1) is 11.0. The number of hydrogen-bond donors (Lipinski definition) is 0. The summed E-state index contributed by atoms with van der Waals surface area (Å²) in [5.74, 6) is 1.37. The quantitative estimate of drug-likeness (QED) is 0.505. The molecule has 1 atom stereocenters. The fourth-order valence-electron chi connectivity index (χ4n) is 0.483. The zero-order valence-corrected chi connectivity index (χ0v) is 8.31. The Labute approximate surface area is 72.1 Å². The van der Waals surface area contributed by atoms with Crippen LogP contribution in [0.4, 0.5) is 0 Å². The van der Waals surface area contributed by atoms with E-state index in [1.54, 1.807) is 19.1 Å². The molecular formula is C7H12ClO2P. The van der Waals surface area contributed by atoms with E-state index in [4.69, 9.17) is 15.8 Å². The van der Waals surface area contributed by atoms with Crippen molar-refractivity contribution < 1.29 is 9.09 Å². The normalized spacial score (nSPS) is 17.7. The highest BCUT2D eigenvalue weighted by atomic mass is 35.7. The predicted molar refractivity (Wildman–Crippen MR) is 49.0 cm³/mol. The van der Waals surface area contributed by atoms with Gasteiger partial charge in [-0.05, 0) is 25.1 Å². The van der Waals surface area contributed by atoms with Gasteiger partial charge in [0.15, 0.2) is 0 Å². The Morgan fingerprint density at radius 1 is 1.55 bits per heavy atom. The van der Waals surface area contributed by atoms with E-state index in [1.807, 2.05) is 13.0 Å². The fourth-order valence-corrected chi connectivity index (χ4v) is 1.71.